The lowest BCUT2D eigenvalue weighted by Crippen LogP contribution is -2.38. The normalized spacial score (nSPS) is 18.5. The lowest BCUT2D eigenvalue weighted by Gasteiger charge is -2.26. The predicted molar refractivity (Wildman–Crippen MR) is 52.4 cm³/mol. The molecule has 0 aliphatic heterocycles. The molecule has 0 fully saturated rings. The molecule has 3 heteroatoms. The molecule has 0 aliphatic rings. The van der Waals surface area contributed by atoms with Gasteiger partial charge in [-0.05, 0) is 33.3 Å². The maximum Gasteiger partial charge on any atom is 0.0850 e. The summed E-state index contributed by atoms with van der Waals surface area (Å²) < 4.78 is 0. The van der Waals surface area contributed by atoms with E-state index in [-0.39, 0.29) is 6.42 Å². The largest absolute Gasteiger partial charge is 0.390 e. The van der Waals surface area contributed by atoms with Gasteiger partial charge in [0.15, 0.2) is 0 Å². The van der Waals surface area contributed by atoms with Crippen LogP contribution in [0.25, 0.3) is 0 Å². The van der Waals surface area contributed by atoms with Crippen LogP contribution in [0.5, 0.6) is 0 Å². The van der Waals surface area contributed by atoms with Crippen LogP contribution in [0.2, 0.25) is 0 Å². The van der Waals surface area contributed by atoms with Crippen LogP contribution in [0.4, 0.5) is 0 Å². The summed E-state index contributed by atoms with van der Waals surface area (Å²) in [7, 11) is 0. The Morgan fingerprint density at radius 3 is 2.15 bits per heavy atom. The topological polar surface area (TPSA) is 60.7 Å². The molecule has 0 saturated heterocycles. The fourth-order valence-corrected chi connectivity index (χ4v) is 0.878. The monoisotopic (exact) mass is 188 g/mol. The molecule has 0 saturated carbocycles. The smallest absolute Gasteiger partial charge is 0.0850 e. The summed E-state index contributed by atoms with van der Waals surface area (Å²) in [4.78, 5) is 0. The van der Waals surface area contributed by atoms with E-state index in [1.54, 1.807) is 13.0 Å². The van der Waals surface area contributed by atoms with Gasteiger partial charge in [0.05, 0.1) is 17.8 Å². The average Bonchev–Trinajstić information content (AvgIpc) is 2.01. The molecule has 3 N–H and O–H groups in total. The summed E-state index contributed by atoms with van der Waals surface area (Å²) in [6.07, 6.45) is 0.380. The first kappa shape index (κ1) is 12.6. The molecule has 0 heterocycles. The molecule has 13 heavy (non-hydrogen) atoms. The molecule has 0 aliphatic carbocycles. The number of aliphatic hydroxyl groups excluding tert-OH is 2. The van der Waals surface area contributed by atoms with Crippen molar-refractivity contribution in [1.82, 2.24) is 0 Å². The van der Waals surface area contributed by atoms with Crippen molar-refractivity contribution in [3.8, 4) is 0 Å². The highest BCUT2D eigenvalue weighted by atomic mass is 16.3. The summed E-state index contributed by atoms with van der Waals surface area (Å²) >= 11 is 0. The van der Waals surface area contributed by atoms with Crippen LogP contribution in [0, 0.1) is 0 Å². The molecule has 2 atom stereocenters. The van der Waals surface area contributed by atoms with Gasteiger partial charge in [0.1, 0.15) is 0 Å². The molecule has 0 aromatic carbocycles. The van der Waals surface area contributed by atoms with Gasteiger partial charge in [0.2, 0.25) is 0 Å². The van der Waals surface area contributed by atoms with Gasteiger partial charge in [-0.1, -0.05) is 6.08 Å². The summed E-state index contributed by atoms with van der Waals surface area (Å²) in [5.74, 6) is 0. The van der Waals surface area contributed by atoms with Gasteiger partial charge in [-0.2, -0.15) is 0 Å². The van der Waals surface area contributed by atoms with Gasteiger partial charge >= 0.3 is 0 Å². The highest BCUT2D eigenvalue weighted by molar-refractivity contribution is 5.03. The van der Waals surface area contributed by atoms with Gasteiger partial charge in [-0.15, -0.1) is 0 Å². The van der Waals surface area contributed by atoms with Gasteiger partial charge in [-0.25, -0.2) is 0 Å². The van der Waals surface area contributed by atoms with E-state index in [0.717, 1.165) is 5.57 Å². The van der Waals surface area contributed by atoms with Crippen molar-refractivity contribution >= 4 is 0 Å². The predicted octanol–water partition coefficient (Wildman–Crippen LogP) is 0.835. The third-order valence-corrected chi connectivity index (χ3v) is 2.24. The van der Waals surface area contributed by atoms with Crippen molar-refractivity contribution in [2.24, 2.45) is 0 Å². The van der Waals surface area contributed by atoms with E-state index in [4.69, 9.17) is 0 Å². The summed E-state index contributed by atoms with van der Waals surface area (Å²) in [5.41, 5.74) is -0.349. The molecule has 3 nitrogen and oxygen atoms in total. The van der Waals surface area contributed by atoms with E-state index in [2.05, 4.69) is 0 Å². The van der Waals surface area contributed by atoms with Crippen molar-refractivity contribution < 1.29 is 15.3 Å². The minimum Gasteiger partial charge on any atom is -0.390 e. The first-order valence-electron chi connectivity index (χ1n) is 4.50. The van der Waals surface area contributed by atoms with Crippen LogP contribution in [0.3, 0.4) is 0 Å². The Hall–Kier alpha value is -0.380. The number of hydrogen-bond acceptors (Lipinski definition) is 3. The van der Waals surface area contributed by atoms with E-state index >= 15 is 0 Å². The zero-order valence-electron chi connectivity index (χ0n) is 8.78. The van der Waals surface area contributed by atoms with E-state index in [9.17, 15) is 15.3 Å². The van der Waals surface area contributed by atoms with Crippen molar-refractivity contribution in [1.29, 1.82) is 0 Å². The molecule has 0 unspecified atom stereocenters. The third kappa shape index (κ3) is 4.41. The Morgan fingerprint density at radius 1 is 1.38 bits per heavy atom. The first-order chi connectivity index (χ1) is 5.79. The van der Waals surface area contributed by atoms with Gasteiger partial charge in [0.25, 0.3) is 0 Å². The fraction of sp³-hybridized carbons (Fsp3) is 0.800. The Morgan fingerprint density at radius 2 is 1.85 bits per heavy atom. The van der Waals surface area contributed by atoms with Crippen LogP contribution < -0.4 is 0 Å². The summed E-state index contributed by atoms with van der Waals surface area (Å²) in [5, 5.41) is 28.4. The zero-order chi connectivity index (χ0) is 10.6. The maximum atomic E-state index is 9.51. The molecule has 0 bridgehead atoms. The highest BCUT2D eigenvalue weighted by Crippen LogP contribution is 2.16. The van der Waals surface area contributed by atoms with Gasteiger partial charge in [0, 0.05) is 6.42 Å². The zero-order valence-corrected chi connectivity index (χ0v) is 8.78. The van der Waals surface area contributed by atoms with Crippen molar-refractivity contribution in [2.45, 2.75) is 51.9 Å². The summed E-state index contributed by atoms with van der Waals surface area (Å²) in [6.45, 7) is 6.67. The Kier molecular flexibility index (Phi) is 4.61. The number of rotatable bonds is 4. The average molecular weight is 188 g/mol. The molecule has 0 aromatic heterocycles. The minimum atomic E-state index is -1.16. The number of hydrogen-bond donors (Lipinski definition) is 3. The molecule has 0 spiro atoms. The SMILES string of the molecule is C/C=C(/C)[C@@H](O)C[C@@H](O)C(C)(C)O. The van der Waals surface area contributed by atoms with Crippen molar-refractivity contribution in [3.63, 3.8) is 0 Å². The molecule has 0 aromatic rings. The highest BCUT2D eigenvalue weighted by Gasteiger charge is 2.26. The lowest BCUT2D eigenvalue weighted by molar-refractivity contribution is -0.0640. The van der Waals surface area contributed by atoms with E-state index in [0.29, 0.717) is 0 Å². The summed E-state index contributed by atoms with van der Waals surface area (Å²) in [6, 6.07) is 0. The standard InChI is InChI=1S/C10H20O3/c1-5-7(2)8(11)6-9(12)10(3,4)13/h5,8-9,11-13H,6H2,1-4H3/b7-5-/t8-,9+/m0/s1. The Labute approximate surface area is 79.7 Å². The van der Waals surface area contributed by atoms with Crippen LogP contribution in [-0.4, -0.2) is 33.1 Å². The van der Waals surface area contributed by atoms with Crippen LogP contribution in [0.15, 0.2) is 11.6 Å². The van der Waals surface area contributed by atoms with E-state index in [1.165, 1.54) is 13.8 Å². The quantitative estimate of drug-likeness (QED) is 0.573. The molecule has 0 radical (unpaired) electrons. The third-order valence-electron chi connectivity index (χ3n) is 2.24. The van der Waals surface area contributed by atoms with Gasteiger partial charge in [-0.3, -0.25) is 0 Å². The Balaban J connectivity index is 4.14. The van der Waals surface area contributed by atoms with Crippen LogP contribution >= 0.6 is 0 Å². The molecule has 0 rings (SSSR count). The van der Waals surface area contributed by atoms with E-state index < -0.39 is 17.8 Å². The first-order valence-corrected chi connectivity index (χ1v) is 4.50. The van der Waals surface area contributed by atoms with Crippen LogP contribution in [-0.2, 0) is 0 Å². The molecule has 78 valence electrons. The molecule has 0 amide bonds. The lowest BCUT2D eigenvalue weighted by atomic mass is 9.94. The van der Waals surface area contributed by atoms with Crippen LogP contribution in [0.1, 0.15) is 34.1 Å². The maximum absolute atomic E-state index is 9.51. The minimum absolute atomic E-state index is 0.166. The number of allylic oxidation sites excluding steroid dienone is 1. The van der Waals surface area contributed by atoms with Crippen molar-refractivity contribution in [2.75, 3.05) is 0 Å². The van der Waals surface area contributed by atoms with Crippen molar-refractivity contribution in [3.05, 3.63) is 11.6 Å². The Bertz CT molecular complexity index is 179. The molecular weight excluding hydrogens is 168 g/mol. The second kappa shape index (κ2) is 4.74. The second-order valence-electron chi connectivity index (χ2n) is 3.95. The second-order valence-corrected chi connectivity index (χ2v) is 3.95. The number of aliphatic hydroxyl groups is 3. The molecular formula is C10H20O3. The van der Waals surface area contributed by atoms with E-state index in [1.807, 2.05) is 6.92 Å². The van der Waals surface area contributed by atoms with Gasteiger partial charge < -0.3 is 15.3 Å². The fourth-order valence-electron chi connectivity index (χ4n) is 0.878.